The maximum atomic E-state index is 10.8. The number of hydrogen-bond donors (Lipinski definition) is 0. The molecule has 2 heteroatoms. The first kappa shape index (κ1) is 10.2. The number of carbonyl (C=O) groups excluding carboxylic acids is 1. The first-order valence-corrected chi connectivity index (χ1v) is 5.39. The van der Waals surface area contributed by atoms with Gasteiger partial charge in [-0.15, -0.1) is 0 Å². The van der Waals surface area contributed by atoms with Crippen molar-refractivity contribution in [2.24, 2.45) is 5.92 Å². The van der Waals surface area contributed by atoms with Gasteiger partial charge in [-0.05, 0) is 36.0 Å². The SMILES string of the molecule is COc1cccc2c1CCC2C(C)C=O. The molecule has 0 N–H and O–H groups in total. The minimum Gasteiger partial charge on any atom is -0.496 e. The largest absolute Gasteiger partial charge is 0.496 e. The molecule has 0 spiro atoms. The van der Waals surface area contributed by atoms with Gasteiger partial charge in [-0.25, -0.2) is 0 Å². The highest BCUT2D eigenvalue weighted by molar-refractivity contribution is 5.57. The molecule has 2 atom stereocenters. The average Bonchev–Trinajstić information content (AvgIpc) is 2.71. The molecule has 0 aromatic heterocycles. The summed E-state index contributed by atoms with van der Waals surface area (Å²) in [5, 5.41) is 0. The fourth-order valence-corrected chi connectivity index (χ4v) is 2.49. The molecule has 2 unspecified atom stereocenters. The van der Waals surface area contributed by atoms with Gasteiger partial charge >= 0.3 is 0 Å². The molecule has 1 aliphatic rings. The molecular formula is C13H16O2. The van der Waals surface area contributed by atoms with Crippen LogP contribution >= 0.6 is 0 Å². The minimum atomic E-state index is 0.110. The van der Waals surface area contributed by atoms with E-state index in [1.165, 1.54) is 11.1 Å². The van der Waals surface area contributed by atoms with Crippen LogP contribution in [0.5, 0.6) is 5.75 Å². The summed E-state index contributed by atoms with van der Waals surface area (Å²) in [6, 6.07) is 6.12. The van der Waals surface area contributed by atoms with Crippen molar-refractivity contribution in [2.75, 3.05) is 7.11 Å². The Morgan fingerprint density at radius 3 is 3.00 bits per heavy atom. The maximum Gasteiger partial charge on any atom is 0.123 e. The van der Waals surface area contributed by atoms with E-state index < -0.39 is 0 Å². The van der Waals surface area contributed by atoms with Gasteiger partial charge in [-0.3, -0.25) is 0 Å². The molecule has 1 aliphatic carbocycles. The van der Waals surface area contributed by atoms with E-state index in [-0.39, 0.29) is 5.92 Å². The van der Waals surface area contributed by atoms with E-state index in [0.717, 1.165) is 24.9 Å². The van der Waals surface area contributed by atoms with Crippen molar-refractivity contribution in [3.63, 3.8) is 0 Å². The molecule has 1 aromatic carbocycles. The standard InChI is InChI=1S/C13H16O2/c1-9(8-14)10-6-7-12-11(10)4-3-5-13(12)15-2/h3-5,8-10H,6-7H2,1-2H3. The Morgan fingerprint density at radius 1 is 1.53 bits per heavy atom. The summed E-state index contributed by atoms with van der Waals surface area (Å²) < 4.78 is 5.33. The van der Waals surface area contributed by atoms with Crippen LogP contribution in [0.3, 0.4) is 0 Å². The van der Waals surface area contributed by atoms with Crippen molar-refractivity contribution < 1.29 is 9.53 Å². The van der Waals surface area contributed by atoms with Gasteiger partial charge in [0.25, 0.3) is 0 Å². The number of hydrogen-bond acceptors (Lipinski definition) is 2. The molecule has 0 amide bonds. The van der Waals surface area contributed by atoms with Gasteiger partial charge < -0.3 is 9.53 Å². The maximum absolute atomic E-state index is 10.8. The van der Waals surface area contributed by atoms with Crippen molar-refractivity contribution in [2.45, 2.75) is 25.7 Å². The summed E-state index contributed by atoms with van der Waals surface area (Å²) in [5.41, 5.74) is 2.59. The molecule has 80 valence electrons. The summed E-state index contributed by atoms with van der Waals surface area (Å²) in [6.07, 6.45) is 3.15. The van der Waals surface area contributed by atoms with Gasteiger partial charge in [-0.2, -0.15) is 0 Å². The topological polar surface area (TPSA) is 26.3 Å². The van der Waals surface area contributed by atoms with Crippen molar-refractivity contribution >= 4 is 6.29 Å². The highest BCUT2D eigenvalue weighted by Crippen LogP contribution is 2.41. The lowest BCUT2D eigenvalue weighted by molar-refractivity contribution is -0.111. The van der Waals surface area contributed by atoms with Crippen LogP contribution in [0.2, 0.25) is 0 Å². The molecule has 0 aliphatic heterocycles. The Labute approximate surface area is 90.3 Å². The van der Waals surface area contributed by atoms with Gasteiger partial charge in [0.05, 0.1) is 7.11 Å². The van der Waals surface area contributed by atoms with E-state index in [4.69, 9.17) is 4.74 Å². The van der Waals surface area contributed by atoms with Gasteiger partial charge in [0.2, 0.25) is 0 Å². The van der Waals surface area contributed by atoms with Gasteiger partial charge in [0, 0.05) is 5.92 Å². The van der Waals surface area contributed by atoms with E-state index in [9.17, 15) is 4.79 Å². The molecule has 0 saturated heterocycles. The molecule has 0 saturated carbocycles. The number of ether oxygens (including phenoxy) is 1. The summed E-state index contributed by atoms with van der Waals surface area (Å²) in [7, 11) is 1.70. The van der Waals surface area contributed by atoms with E-state index in [1.54, 1.807) is 7.11 Å². The fourth-order valence-electron chi connectivity index (χ4n) is 2.49. The van der Waals surface area contributed by atoms with E-state index >= 15 is 0 Å². The summed E-state index contributed by atoms with van der Waals surface area (Å²) in [4.78, 5) is 10.8. The third-order valence-corrected chi connectivity index (χ3v) is 3.34. The van der Waals surface area contributed by atoms with Crippen LogP contribution in [0.1, 0.15) is 30.4 Å². The van der Waals surface area contributed by atoms with Crippen molar-refractivity contribution in [3.8, 4) is 5.75 Å². The van der Waals surface area contributed by atoms with E-state index in [1.807, 2.05) is 19.1 Å². The molecule has 0 fully saturated rings. The quantitative estimate of drug-likeness (QED) is 0.707. The summed E-state index contributed by atoms with van der Waals surface area (Å²) in [6.45, 7) is 1.99. The minimum absolute atomic E-state index is 0.110. The molecule has 1 aromatic rings. The third kappa shape index (κ3) is 1.65. The molecule has 0 bridgehead atoms. The zero-order valence-corrected chi connectivity index (χ0v) is 9.19. The summed E-state index contributed by atoms with van der Waals surface area (Å²) >= 11 is 0. The summed E-state index contributed by atoms with van der Waals surface area (Å²) in [5.74, 6) is 1.46. The third-order valence-electron chi connectivity index (χ3n) is 3.34. The number of aldehydes is 1. The normalized spacial score (nSPS) is 20.8. The smallest absolute Gasteiger partial charge is 0.123 e. The Bertz CT molecular complexity index is 371. The van der Waals surface area contributed by atoms with Crippen molar-refractivity contribution in [1.29, 1.82) is 0 Å². The second-order valence-electron chi connectivity index (χ2n) is 4.17. The van der Waals surface area contributed by atoms with Crippen molar-refractivity contribution in [1.82, 2.24) is 0 Å². The Kier molecular flexibility index (Phi) is 2.76. The predicted molar refractivity (Wildman–Crippen MR) is 59.3 cm³/mol. The molecule has 0 heterocycles. The number of fused-ring (bicyclic) bond motifs is 1. The lowest BCUT2D eigenvalue weighted by atomic mass is 9.90. The molecule has 0 radical (unpaired) electrons. The monoisotopic (exact) mass is 204 g/mol. The highest BCUT2D eigenvalue weighted by Gasteiger charge is 2.28. The zero-order valence-electron chi connectivity index (χ0n) is 9.19. The van der Waals surface area contributed by atoms with Crippen LogP contribution in [0.15, 0.2) is 18.2 Å². The molecular weight excluding hydrogens is 188 g/mol. The van der Waals surface area contributed by atoms with E-state index in [2.05, 4.69) is 6.07 Å². The van der Waals surface area contributed by atoms with Gasteiger partial charge in [0.15, 0.2) is 0 Å². The number of benzene rings is 1. The molecule has 15 heavy (non-hydrogen) atoms. The zero-order chi connectivity index (χ0) is 10.8. The van der Waals surface area contributed by atoms with Crippen LogP contribution in [0.4, 0.5) is 0 Å². The lowest BCUT2D eigenvalue weighted by Crippen LogP contribution is -2.07. The first-order valence-electron chi connectivity index (χ1n) is 5.39. The van der Waals surface area contributed by atoms with Crippen LogP contribution in [0.25, 0.3) is 0 Å². The molecule has 2 rings (SSSR count). The van der Waals surface area contributed by atoms with Gasteiger partial charge in [0.1, 0.15) is 12.0 Å². The molecule has 2 nitrogen and oxygen atoms in total. The van der Waals surface area contributed by atoms with Gasteiger partial charge in [-0.1, -0.05) is 19.1 Å². The Morgan fingerprint density at radius 2 is 2.33 bits per heavy atom. The lowest BCUT2D eigenvalue weighted by Gasteiger charge is -2.15. The van der Waals surface area contributed by atoms with Crippen molar-refractivity contribution in [3.05, 3.63) is 29.3 Å². The number of rotatable bonds is 3. The van der Waals surface area contributed by atoms with Crippen LogP contribution < -0.4 is 4.74 Å². The van der Waals surface area contributed by atoms with E-state index in [0.29, 0.717) is 5.92 Å². The fraction of sp³-hybridized carbons (Fsp3) is 0.462. The number of methoxy groups -OCH3 is 1. The van der Waals surface area contributed by atoms with Crippen LogP contribution in [-0.4, -0.2) is 13.4 Å². The van der Waals surface area contributed by atoms with Crippen LogP contribution in [-0.2, 0) is 11.2 Å². The second-order valence-corrected chi connectivity index (χ2v) is 4.17. The van der Waals surface area contributed by atoms with Crippen LogP contribution in [0, 0.1) is 5.92 Å². The Balaban J connectivity index is 2.39. The number of carbonyl (C=O) groups is 1. The second kappa shape index (κ2) is 4.05. The average molecular weight is 204 g/mol. The predicted octanol–water partition coefficient (Wildman–Crippen LogP) is 2.56. The first-order chi connectivity index (χ1) is 7.27. The Hall–Kier alpha value is -1.31. The highest BCUT2D eigenvalue weighted by atomic mass is 16.5.